The maximum absolute atomic E-state index is 10.3. The van der Waals surface area contributed by atoms with E-state index in [9.17, 15) is 15.3 Å². The van der Waals surface area contributed by atoms with E-state index in [-0.39, 0.29) is 19.8 Å². The molecule has 3 N–H and O–H groups in total. The molecule has 0 aliphatic rings. The summed E-state index contributed by atoms with van der Waals surface area (Å²) in [5.74, 6) is 0. The molecule has 1 heterocycles. The lowest BCUT2D eigenvalue weighted by molar-refractivity contribution is 0.243. The largest absolute Gasteiger partial charge is 0.392 e. The molecule has 0 amide bonds. The minimum Gasteiger partial charge on any atom is -0.392 e. The van der Waals surface area contributed by atoms with Gasteiger partial charge >= 0.3 is 0 Å². The van der Waals surface area contributed by atoms with Crippen LogP contribution in [-0.2, 0) is 25.4 Å². The summed E-state index contributed by atoms with van der Waals surface area (Å²) < 4.78 is 1.75. The number of benzene rings is 3. The van der Waals surface area contributed by atoms with Crippen LogP contribution in [0.25, 0.3) is 0 Å². The molecule has 0 aliphatic carbocycles. The van der Waals surface area contributed by atoms with Gasteiger partial charge in [0.25, 0.3) is 0 Å². The molecule has 152 valence electrons. The lowest BCUT2D eigenvalue weighted by Crippen LogP contribution is -2.40. The Kier molecular flexibility index (Phi) is 5.77. The second-order valence-corrected chi connectivity index (χ2v) is 7.07. The van der Waals surface area contributed by atoms with Gasteiger partial charge in [0.15, 0.2) is 0 Å². The van der Waals surface area contributed by atoms with Crippen LogP contribution in [0, 0.1) is 0 Å². The Morgan fingerprint density at radius 3 is 1.37 bits per heavy atom. The highest BCUT2D eigenvalue weighted by atomic mass is 16.3. The number of rotatable bonds is 7. The van der Waals surface area contributed by atoms with Gasteiger partial charge in [-0.15, -0.1) is 0 Å². The molecule has 0 spiro atoms. The first-order valence-electron chi connectivity index (χ1n) is 9.86. The maximum Gasteiger partial charge on any atom is 0.138 e. The number of hydrogen-bond donors (Lipinski definition) is 3. The van der Waals surface area contributed by atoms with E-state index < -0.39 is 5.54 Å². The Balaban J connectivity index is 2.19. The predicted molar refractivity (Wildman–Crippen MR) is 115 cm³/mol. The summed E-state index contributed by atoms with van der Waals surface area (Å²) in [6, 6.07) is 29.9. The summed E-state index contributed by atoms with van der Waals surface area (Å²) in [7, 11) is 0. The van der Waals surface area contributed by atoms with Crippen LogP contribution in [0.4, 0.5) is 0 Å². The zero-order chi connectivity index (χ0) is 21.0. The summed E-state index contributed by atoms with van der Waals surface area (Å²) in [5.41, 5.74) is 3.23. The number of aliphatic hydroxyl groups is 3. The molecule has 4 rings (SSSR count). The van der Waals surface area contributed by atoms with E-state index in [0.29, 0.717) is 17.0 Å². The lowest BCUT2D eigenvalue weighted by Gasteiger charge is -2.37. The third-order valence-corrected chi connectivity index (χ3v) is 5.52. The van der Waals surface area contributed by atoms with Crippen LogP contribution in [0.5, 0.6) is 0 Å². The monoisotopic (exact) mass is 400 g/mol. The van der Waals surface area contributed by atoms with Gasteiger partial charge in [-0.3, -0.25) is 0 Å². The van der Waals surface area contributed by atoms with Gasteiger partial charge in [0, 0.05) is 5.56 Å². The van der Waals surface area contributed by atoms with Crippen molar-refractivity contribution in [2.24, 2.45) is 0 Å². The molecule has 0 saturated heterocycles. The Labute approximate surface area is 175 Å². The second kappa shape index (κ2) is 8.63. The third-order valence-electron chi connectivity index (χ3n) is 5.52. The van der Waals surface area contributed by atoms with E-state index in [1.807, 2.05) is 91.0 Å². The first kappa shape index (κ1) is 20.0. The fourth-order valence-electron chi connectivity index (χ4n) is 4.19. The molecule has 0 atom stereocenters. The molecule has 0 bridgehead atoms. The molecule has 0 radical (unpaired) electrons. The van der Waals surface area contributed by atoms with Crippen molar-refractivity contribution in [2.75, 3.05) is 0 Å². The summed E-state index contributed by atoms with van der Waals surface area (Å²) in [6.45, 7) is -0.971. The van der Waals surface area contributed by atoms with Gasteiger partial charge < -0.3 is 15.3 Å². The van der Waals surface area contributed by atoms with E-state index in [1.165, 1.54) is 0 Å². The van der Waals surface area contributed by atoms with Crippen LogP contribution in [0.3, 0.4) is 0 Å². The Hall–Kier alpha value is -3.25. The molecule has 0 aliphatic heterocycles. The van der Waals surface area contributed by atoms with Gasteiger partial charge in [-0.05, 0) is 16.7 Å². The molecule has 5 heteroatoms. The third kappa shape index (κ3) is 3.13. The molecule has 0 fully saturated rings. The Morgan fingerprint density at radius 1 is 0.600 bits per heavy atom. The van der Waals surface area contributed by atoms with Crippen LogP contribution >= 0.6 is 0 Å². The minimum absolute atomic E-state index is 0.319. The highest BCUT2D eigenvalue weighted by Gasteiger charge is 2.41. The Bertz CT molecular complexity index is 997. The van der Waals surface area contributed by atoms with Crippen LogP contribution in [0.1, 0.15) is 33.6 Å². The lowest BCUT2D eigenvalue weighted by atomic mass is 9.77. The predicted octanol–water partition coefficient (Wildman–Crippen LogP) is 3.20. The SMILES string of the molecule is OCc1nn(C(c2ccccc2)(c2ccccc2)c2ccccc2)c(CO)c1CO. The molecule has 5 nitrogen and oxygen atoms in total. The van der Waals surface area contributed by atoms with Gasteiger partial charge in [0.05, 0.1) is 31.2 Å². The maximum atomic E-state index is 10.3. The average Bonchev–Trinajstić information content (AvgIpc) is 3.20. The standard InChI is InChI=1S/C25H24N2O3/c28-16-22-23(17-29)26-27(24(22)18-30)25(19-10-4-1-5-11-19,20-12-6-2-7-13-20)21-14-8-3-9-15-21/h1-15,28-30H,16-18H2. The summed E-state index contributed by atoms with van der Waals surface area (Å²) in [5, 5.41) is 34.9. The van der Waals surface area contributed by atoms with Gasteiger partial charge in [-0.2, -0.15) is 5.10 Å². The van der Waals surface area contributed by atoms with Gasteiger partial charge in [-0.1, -0.05) is 91.0 Å². The molecule has 3 aromatic carbocycles. The zero-order valence-corrected chi connectivity index (χ0v) is 16.5. The molecule has 4 aromatic rings. The molecular weight excluding hydrogens is 376 g/mol. The van der Waals surface area contributed by atoms with Crippen molar-refractivity contribution in [1.29, 1.82) is 0 Å². The van der Waals surface area contributed by atoms with E-state index >= 15 is 0 Å². The highest BCUT2D eigenvalue weighted by molar-refractivity contribution is 5.51. The highest BCUT2D eigenvalue weighted by Crippen LogP contribution is 2.42. The summed E-state index contributed by atoms with van der Waals surface area (Å²) in [6.07, 6.45) is 0. The summed E-state index contributed by atoms with van der Waals surface area (Å²) in [4.78, 5) is 0. The van der Waals surface area contributed by atoms with Gasteiger partial charge in [0.2, 0.25) is 0 Å². The van der Waals surface area contributed by atoms with Crippen LogP contribution in [0.2, 0.25) is 0 Å². The number of aliphatic hydroxyl groups excluding tert-OH is 3. The van der Waals surface area contributed by atoms with E-state index in [1.54, 1.807) is 4.68 Å². The average molecular weight is 400 g/mol. The van der Waals surface area contributed by atoms with E-state index in [4.69, 9.17) is 5.10 Å². The Morgan fingerprint density at radius 2 is 1.03 bits per heavy atom. The van der Waals surface area contributed by atoms with Gasteiger partial charge in [-0.25, -0.2) is 4.68 Å². The van der Waals surface area contributed by atoms with E-state index in [0.717, 1.165) is 16.7 Å². The van der Waals surface area contributed by atoms with Crippen molar-refractivity contribution in [2.45, 2.75) is 25.4 Å². The van der Waals surface area contributed by atoms with Gasteiger partial charge in [0.1, 0.15) is 5.54 Å². The molecule has 1 aromatic heterocycles. The molecule has 0 unspecified atom stereocenters. The first-order valence-corrected chi connectivity index (χ1v) is 9.86. The zero-order valence-electron chi connectivity index (χ0n) is 16.5. The fraction of sp³-hybridized carbons (Fsp3) is 0.160. The minimum atomic E-state index is -0.904. The number of hydrogen-bond acceptors (Lipinski definition) is 4. The van der Waals surface area contributed by atoms with Crippen LogP contribution in [-0.4, -0.2) is 25.1 Å². The first-order chi connectivity index (χ1) is 14.8. The normalized spacial score (nSPS) is 11.6. The molecular formula is C25H24N2O3. The fourth-order valence-corrected chi connectivity index (χ4v) is 4.19. The van der Waals surface area contributed by atoms with Crippen molar-refractivity contribution in [3.8, 4) is 0 Å². The van der Waals surface area contributed by atoms with Crippen molar-refractivity contribution >= 4 is 0 Å². The quantitative estimate of drug-likeness (QED) is 0.416. The van der Waals surface area contributed by atoms with Crippen LogP contribution < -0.4 is 0 Å². The van der Waals surface area contributed by atoms with E-state index in [2.05, 4.69) is 0 Å². The smallest absolute Gasteiger partial charge is 0.138 e. The number of aromatic nitrogens is 2. The summed E-state index contributed by atoms with van der Waals surface area (Å²) >= 11 is 0. The van der Waals surface area contributed by atoms with Crippen molar-refractivity contribution in [1.82, 2.24) is 9.78 Å². The van der Waals surface area contributed by atoms with Crippen molar-refractivity contribution in [3.05, 3.63) is 125 Å². The van der Waals surface area contributed by atoms with Crippen molar-refractivity contribution in [3.63, 3.8) is 0 Å². The van der Waals surface area contributed by atoms with Crippen molar-refractivity contribution < 1.29 is 15.3 Å². The van der Waals surface area contributed by atoms with Crippen LogP contribution in [0.15, 0.2) is 91.0 Å². The second-order valence-electron chi connectivity index (χ2n) is 7.07. The topological polar surface area (TPSA) is 78.5 Å². The molecule has 0 saturated carbocycles. The molecule has 30 heavy (non-hydrogen) atoms. The number of nitrogens with zero attached hydrogens (tertiary/aromatic N) is 2.